The molecule has 1 aromatic carbocycles. The standard InChI is InChI=1S/C14H24N2O2/c1-3-10-17-11-9-14(16-15)12-5-7-13(8-6-12)18-4-2/h5-8,14,16H,3-4,9-11,15H2,1-2H3. The molecule has 0 radical (unpaired) electrons. The molecule has 1 unspecified atom stereocenters. The van der Waals surface area contributed by atoms with Gasteiger partial charge >= 0.3 is 0 Å². The average Bonchev–Trinajstić information content (AvgIpc) is 2.41. The fraction of sp³-hybridized carbons (Fsp3) is 0.571. The lowest BCUT2D eigenvalue weighted by molar-refractivity contribution is 0.124. The van der Waals surface area contributed by atoms with E-state index in [0.717, 1.165) is 37.4 Å². The van der Waals surface area contributed by atoms with E-state index in [0.29, 0.717) is 6.61 Å². The van der Waals surface area contributed by atoms with Crippen LogP contribution in [0.1, 0.15) is 38.3 Å². The molecule has 0 saturated carbocycles. The van der Waals surface area contributed by atoms with Gasteiger partial charge in [0.25, 0.3) is 0 Å². The second kappa shape index (κ2) is 8.91. The number of ether oxygens (including phenoxy) is 2. The first-order valence-electron chi connectivity index (χ1n) is 6.58. The Bertz CT molecular complexity index is 314. The maximum atomic E-state index is 5.58. The molecule has 0 aromatic heterocycles. The van der Waals surface area contributed by atoms with Crippen LogP contribution in [-0.4, -0.2) is 19.8 Å². The molecule has 0 heterocycles. The molecule has 0 fully saturated rings. The molecular weight excluding hydrogens is 228 g/mol. The SMILES string of the molecule is CCCOCCC(NN)c1ccc(OCC)cc1. The fourth-order valence-electron chi connectivity index (χ4n) is 1.76. The van der Waals surface area contributed by atoms with Crippen molar-refractivity contribution in [3.8, 4) is 5.75 Å². The van der Waals surface area contributed by atoms with Crippen LogP contribution < -0.4 is 16.0 Å². The van der Waals surface area contributed by atoms with Gasteiger partial charge in [-0.05, 0) is 37.5 Å². The van der Waals surface area contributed by atoms with Crippen molar-refractivity contribution in [1.29, 1.82) is 0 Å². The van der Waals surface area contributed by atoms with Crippen LogP contribution in [-0.2, 0) is 4.74 Å². The predicted molar refractivity (Wildman–Crippen MR) is 73.4 cm³/mol. The Labute approximate surface area is 109 Å². The third-order valence-corrected chi connectivity index (χ3v) is 2.69. The van der Waals surface area contributed by atoms with E-state index >= 15 is 0 Å². The molecule has 1 aromatic rings. The number of nitrogens with one attached hydrogen (secondary N) is 1. The van der Waals surface area contributed by atoms with Gasteiger partial charge in [0.05, 0.1) is 6.61 Å². The zero-order chi connectivity index (χ0) is 13.2. The monoisotopic (exact) mass is 252 g/mol. The minimum atomic E-state index is 0.123. The van der Waals surface area contributed by atoms with Crippen LogP contribution >= 0.6 is 0 Å². The molecule has 3 N–H and O–H groups in total. The lowest BCUT2D eigenvalue weighted by atomic mass is 10.0. The first-order chi connectivity index (χ1) is 8.81. The van der Waals surface area contributed by atoms with Crippen LogP contribution in [0.5, 0.6) is 5.75 Å². The van der Waals surface area contributed by atoms with Crippen molar-refractivity contribution in [2.75, 3.05) is 19.8 Å². The molecule has 1 rings (SSSR count). The van der Waals surface area contributed by atoms with E-state index in [2.05, 4.69) is 12.3 Å². The predicted octanol–water partition coefficient (Wildman–Crippen LogP) is 2.41. The van der Waals surface area contributed by atoms with Crippen molar-refractivity contribution in [3.05, 3.63) is 29.8 Å². The Morgan fingerprint density at radius 2 is 1.89 bits per heavy atom. The highest BCUT2D eigenvalue weighted by molar-refractivity contribution is 5.29. The second-order valence-electron chi connectivity index (χ2n) is 4.12. The highest BCUT2D eigenvalue weighted by atomic mass is 16.5. The number of hydrogen-bond donors (Lipinski definition) is 2. The van der Waals surface area contributed by atoms with E-state index in [9.17, 15) is 0 Å². The third-order valence-electron chi connectivity index (χ3n) is 2.69. The molecule has 0 saturated heterocycles. The Morgan fingerprint density at radius 1 is 1.17 bits per heavy atom. The van der Waals surface area contributed by atoms with Gasteiger partial charge in [0.1, 0.15) is 5.75 Å². The summed E-state index contributed by atoms with van der Waals surface area (Å²) >= 11 is 0. The van der Waals surface area contributed by atoms with Crippen LogP contribution in [0.4, 0.5) is 0 Å². The fourth-order valence-corrected chi connectivity index (χ4v) is 1.76. The molecule has 0 aliphatic rings. The maximum Gasteiger partial charge on any atom is 0.119 e. The highest BCUT2D eigenvalue weighted by Crippen LogP contribution is 2.19. The summed E-state index contributed by atoms with van der Waals surface area (Å²) in [5, 5.41) is 0. The van der Waals surface area contributed by atoms with Crippen molar-refractivity contribution in [2.45, 2.75) is 32.7 Å². The lowest BCUT2D eigenvalue weighted by Crippen LogP contribution is -2.29. The summed E-state index contributed by atoms with van der Waals surface area (Å²) < 4.78 is 10.9. The summed E-state index contributed by atoms with van der Waals surface area (Å²) in [6.45, 7) is 6.29. The molecule has 0 aliphatic heterocycles. The van der Waals surface area contributed by atoms with Gasteiger partial charge < -0.3 is 9.47 Å². The molecule has 102 valence electrons. The molecule has 0 spiro atoms. The van der Waals surface area contributed by atoms with E-state index in [1.165, 1.54) is 0 Å². The third kappa shape index (κ3) is 5.04. The smallest absolute Gasteiger partial charge is 0.119 e. The Kier molecular flexibility index (Phi) is 7.41. The van der Waals surface area contributed by atoms with Gasteiger partial charge in [0, 0.05) is 19.3 Å². The highest BCUT2D eigenvalue weighted by Gasteiger charge is 2.09. The van der Waals surface area contributed by atoms with Gasteiger partial charge in [-0.3, -0.25) is 11.3 Å². The molecule has 4 nitrogen and oxygen atoms in total. The van der Waals surface area contributed by atoms with Crippen LogP contribution in [0.2, 0.25) is 0 Å². The van der Waals surface area contributed by atoms with Gasteiger partial charge in [-0.2, -0.15) is 0 Å². The molecule has 4 heteroatoms. The largest absolute Gasteiger partial charge is 0.494 e. The quantitative estimate of drug-likeness (QED) is 0.402. The van der Waals surface area contributed by atoms with Gasteiger partial charge in [-0.1, -0.05) is 19.1 Å². The molecule has 18 heavy (non-hydrogen) atoms. The number of hydrazine groups is 1. The summed E-state index contributed by atoms with van der Waals surface area (Å²) in [4.78, 5) is 0. The Morgan fingerprint density at radius 3 is 2.44 bits per heavy atom. The minimum absolute atomic E-state index is 0.123. The summed E-state index contributed by atoms with van der Waals surface area (Å²) in [6, 6.07) is 8.13. The molecule has 0 aliphatic carbocycles. The molecular formula is C14H24N2O2. The van der Waals surface area contributed by atoms with Crippen LogP contribution in [0.25, 0.3) is 0 Å². The van der Waals surface area contributed by atoms with Gasteiger partial charge in [0.2, 0.25) is 0 Å². The zero-order valence-corrected chi connectivity index (χ0v) is 11.3. The second-order valence-corrected chi connectivity index (χ2v) is 4.12. The average molecular weight is 252 g/mol. The van der Waals surface area contributed by atoms with E-state index in [-0.39, 0.29) is 6.04 Å². The van der Waals surface area contributed by atoms with E-state index in [4.69, 9.17) is 15.3 Å². The summed E-state index contributed by atoms with van der Waals surface area (Å²) in [7, 11) is 0. The Hall–Kier alpha value is -1.10. The van der Waals surface area contributed by atoms with Crippen molar-refractivity contribution in [3.63, 3.8) is 0 Å². The molecule has 0 bridgehead atoms. The number of hydrogen-bond acceptors (Lipinski definition) is 4. The van der Waals surface area contributed by atoms with E-state index in [1.54, 1.807) is 0 Å². The minimum Gasteiger partial charge on any atom is -0.494 e. The number of nitrogens with two attached hydrogens (primary N) is 1. The van der Waals surface area contributed by atoms with Crippen molar-refractivity contribution < 1.29 is 9.47 Å². The van der Waals surface area contributed by atoms with E-state index in [1.807, 2.05) is 31.2 Å². The van der Waals surface area contributed by atoms with Crippen LogP contribution in [0, 0.1) is 0 Å². The topological polar surface area (TPSA) is 56.5 Å². The van der Waals surface area contributed by atoms with E-state index < -0.39 is 0 Å². The van der Waals surface area contributed by atoms with Gasteiger partial charge in [-0.15, -0.1) is 0 Å². The summed E-state index contributed by atoms with van der Waals surface area (Å²) in [6.07, 6.45) is 1.91. The van der Waals surface area contributed by atoms with Crippen molar-refractivity contribution >= 4 is 0 Å². The maximum absolute atomic E-state index is 5.58. The van der Waals surface area contributed by atoms with Gasteiger partial charge in [0.15, 0.2) is 0 Å². The lowest BCUT2D eigenvalue weighted by Gasteiger charge is -2.16. The first-order valence-corrected chi connectivity index (χ1v) is 6.58. The summed E-state index contributed by atoms with van der Waals surface area (Å²) in [5.74, 6) is 6.47. The van der Waals surface area contributed by atoms with Crippen LogP contribution in [0.15, 0.2) is 24.3 Å². The summed E-state index contributed by atoms with van der Waals surface area (Å²) in [5.41, 5.74) is 3.98. The van der Waals surface area contributed by atoms with Crippen molar-refractivity contribution in [1.82, 2.24) is 5.43 Å². The van der Waals surface area contributed by atoms with Crippen molar-refractivity contribution in [2.24, 2.45) is 5.84 Å². The number of benzene rings is 1. The molecule has 0 amide bonds. The van der Waals surface area contributed by atoms with Crippen LogP contribution in [0.3, 0.4) is 0 Å². The Balaban J connectivity index is 2.48. The number of rotatable bonds is 9. The van der Waals surface area contributed by atoms with Gasteiger partial charge in [-0.25, -0.2) is 0 Å². The first kappa shape index (κ1) is 15.0. The normalized spacial score (nSPS) is 12.4. The zero-order valence-electron chi connectivity index (χ0n) is 11.3. The molecule has 1 atom stereocenters.